The van der Waals surface area contributed by atoms with Crippen molar-refractivity contribution in [3.63, 3.8) is 0 Å². The zero-order valence-electron chi connectivity index (χ0n) is 14.6. The second-order valence-corrected chi connectivity index (χ2v) is 6.30. The number of amides is 1. The predicted molar refractivity (Wildman–Crippen MR) is 102 cm³/mol. The van der Waals surface area contributed by atoms with Gasteiger partial charge in [0.1, 0.15) is 23.1 Å². The number of aromatic nitrogens is 3. The maximum atomic E-state index is 12.9. The lowest BCUT2D eigenvalue weighted by molar-refractivity contribution is 0.0997. The minimum atomic E-state index is -0.797. The minimum absolute atomic E-state index is 0.0632. The molecule has 4 aromatic rings. The molecule has 0 bridgehead atoms. The Morgan fingerprint density at radius 2 is 1.93 bits per heavy atom. The number of nitrogens with two attached hydrogens (primary N) is 1. The third-order valence-electron chi connectivity index (χ3n) is 4.54. The summed E-state index contributed by atoms with van der Waals surface area (Å²) < 4.78 is 2.85. The standard InChI is InChI=1S/C20H15N5O3/c21-17-14(18(22)27)9-15-19(23-16-3-1-2-8-24(16)20(15)28)25(17)10-12-4-6-13(11-26)7-5-12/h1-9,11,21H,10H2,(H2,22,27). The van der Waals surface area contributed by atoms with Crippen molar-refractivity contribution in [2.75, 3.05) is 0 Å². The van der Waals surface area contributed by atoms with Crippen LogP contribution in [-0.2, 0) is 6.54 Å². The molecule has 0 unspecified atom stereocenters. The number of primary amides is 1. The summed E-state index contributed by atoms with van der Waals surface area (Å²) in [6.07, 6.45) is 2.33. The number of hydrogen-bond donors (Lipinski definition) is 2. The van der Waals surface area contributed by atoms with E-state index < -0.39 is 5.91 Å². The van der Waals surface area contributed by atoms with E-state index in [-0.39, 0.29) is 34.2 Å². The van der Waals surface area contributed by atoms with E-state index in [1.807, 2.05) is 0 Å². The first-order valence-electron chi connectivity index (χ1n) is 8.43. The van der Waals surface area contributed by atoms with Crippen LogP contribution < -0.4 is 16.8 Å². The monoisotopic (exact) mass is 373 g/mol. The number of pyridine rings is 2. The molecule has 0 aliphatic rings. The highest BCUT2D eigenvalue weighted by Crippen LogP contribution is 2.12. The number of hydrogen-bond acceptors (Lipinski definition) is 5. The summed E-state index contributed by atoms with van der Waals surface area (Å²) in [5.41, 5.74) is 6.89. The van der Waals surface area contributed by atoms with E-state index in [4.69, 9.17) is 11.1 Å². The highest BCUT2D eigenvalue weighted by Gasteiger charge is 2.16. The highest BCUT2D eigenvalue weighted by molar-refractivity contribution is 5.95. The first-order chi connectivity index (χ1) is 13.5. The van der Waals surface area contributed by atoms with Crippen LogP contribution in [0.1, 0.15) is 26.3 Å². The zero-order valence-corrected chi connectivity index (χ0v) is 14.6. The number of nitrogens with one attached hydrogen (secondary N) is 1. The van der Waals surface area contributed by atoms with Gasteiger partial charge in [0.25, 0.3) is 11.5 Å². The molecule has 8 heteroatoms. The molecular formula is C20H15N5O3. The number of fused-ring (bicyclic) bond motifs is 2. The molecular weight excluding hydrogens is 358 g/mol. The lowest BCUT2D eigenvalue weighted by atomic mass is 10.1. The quantitative estimate of drug-likeness (QED) is 0.410. The van der Waals surface area contributed by atoms with Crippen molar-refractivity contribution < 1.29 is 9.59 Å². The van der Waals surface area contributed by atoms with Crippen molar-refractivity contribution in [1.29, 1.82) is 5.41 Å². The average molecular weight is 373 g/mol. The van der Waals surface area contributed by atoms with Crippen molar-refractivity contribution in [3.8, 4) is 0 Å². The molecule has 4 rings (SSSR count). The maximum absolute atomic E-state index is 12.9. The molecule has 0 fully saturated rings. The van der Waals surface area contributed by atoms with Gasteiger partial charge in [-0.25, -0.2) is 4.98 Å². The number of aldehydes is 1. The van der Waals surface area contributed by atoms with E-state index in [1.165, 1.54) is 15.0 Å². The Bertz CT molecular complexity index is 1370. The topological polar surface area (TPSA) is 123 Å². The third kappa shape index (κ3) is 2.77. The maximum Gasteiger partial charge on any atom is 0.267 e. The molecule has 0 spiro atoms. The molecule has 138 valence electrons. The summed E-state index contributed by atoms with van der Waals surface area (Å²) in [5, 5.41) is 8.62. The first kappa shape index (κ1) is 17.3. The number of benzene rings is 1. The molecule has 1 amide bonds. The Hall–Kier alpha value is -4.07. The van der Waals surface area contributed by atoms with Gasteiger partial charge in [-0.15, -0.1) is 0 Å². The third-order valence-corrected chi connectivity index (χ3v) is 4.54. The van der Waals surface area contributed by atoms with Crippen molar-refractivity contribution in [2.24, 2.45) is 5.73 Å². The van der Waals surface area contributed by atoms with E-state index in [9.17, 15) is 14.4 Å². The highest BCUT2D eigenvalue weighted by atomic mass is 16.1. The Morgan fingerprint density at radius 3 is 2.61 bits per heavy atom. The molecule has 1 aromatic carbocycles. The van der Waals surface area contributed by atoms with Crippen LogP contribution in [0.15, 0.2) is 59.5 Å². The van der Waals surface area contributed by atoms with E-state index in [0.717, 1.165) is 11.8 Å². The van der Waals surface area contributed by atoms with E-state index in [1.54, 1.807) is 48.7 Å². The Labute approximate surface area is 158 Å². The molecule has 3 N–H and O–H groups in total. The van der Waals surface area contributed by atoms with Crippen molar-refractivity contribution in [3.05, 3.63) is 87.3 Å². The fourth-order valence-corrected chi connectivity index (χ4v) is 3.11. The predicted octanol–water partition coefficient (Wildman–Crippen LogP) is 1.09. The molecule has 3 heterocycles. The molecule has 0 saturated carbocycles. The molecule has 3 aromatic heterocycles. The number of carbonyl (C=O) groups is 2. The molecule has 0 atom stereocenters. The van der Waals surface area contributed by atoms with Crippen molar-refractivity contribution in [1.82, 2.24) is 14.0 Å². The van der Waals surface area contributed by atoms with Crippen LogP contribution >= 0.6 is 0 Å². The van der Waals surface area contributed by atoms with Crippen LogP contribution in [0.4, 0.5) is 0 Å². The van der Waals surface area contributed by atoms with E-state index in [2.05, 4.69) is 4.98 Å². The van der Waals surface area contributed by atoms with Gasteiger partial charge in [-0.1, -0.05) is 30.3 Å². The van der Waals surface area contributed by atoms with Crippen molar-refractivity contribution >= 4 is 28.9 Å². The Kier molecular flexibility index (Phi) is 4.08. The lowest BCUT2D eigenvalue weighted by Crippen LogP contribution is -2.32. The van der Waals surface area contributed by atoms with E-state index in [0.29, 0.717) is 11.2 Å². The SMILES string of the molecule is N=c1c(C(N)=O)cc2c(=O)n3ccccc3nc2n1Cc1ccc(C=O)cc1. The summed E-state index contributed by atoms with van der Waals surface area (Å²) in [6, 6.07) is 13.3. The van der Waals surface area contributed by atoms with Gasteiger partial charge in [0, 0.05) is 11.8 Å². The Balaban J connectivity index is 2.05. The van der Waals surface area contributed by atoms with Gasteiger partial charge >= 0.3 is 0 Å². The van der Waals surface area contributed by atoms with Gasteiger partial charge in [0.05, 0.1) is 17.5 Å². The summed E-state index contributed by atoms with van der Waals surface area (Å²) in [4.78, 5) is 40.1. The van der Waals surface area contributed by atoms with Gasteiger partial charge in [-0.05, 0) is 23.8 Å². The van der Waals surface area contributed by atoms with Crippen LogP contribution in [0.2, 0.25) is 0 Å². The fourth-order valence-electron chi connectivity index (χ4n) is 3.11. The summed E-state index contributed by atoms with van der Waals surface area (Å²) in [5.74, 6) is -0.797. The zero-order chi connectivity index (χ0) is 19.8. The lowest BCUT2D eigenvalue weighted by Gasteiger charge is -2.14. The minimum Gasteiger partial charge on any atom is -0.365 e. The molecule has 0 aliphatic carbocycles. The van der Waals surface area contributed by atoms with Gasteiger partial charge in [-0.3, -0.25) is 24.2 Å². The van der Waals surface area contributed by atoms with Crippen LogP contribution in [-0.4, -0.2) is 26.1 Å². The second-order valence-electron chi connectivity index (χ2n) is 6.30. The van der Waals surface area contributed by atoms with Crippen LogP contribution in [0, 0.1) is 5.41 Å². The molecule has 0 saturated heterocycles. The molecule has 0 radical (unpaired) electrons. The van der Waals surface area contributed by atoms with Gasteiger partial charge in [-0.2, -0.15) is 0 Å². The summed E-state index contributed by atoms with van der Waals surface area (Å²) >= 11 is 0. The van der Waals surface area contributed by atoms with Crippen LogP contribution in [0.5, 0.6) is 0 Å². The van der Waals surface area contributed by atoms with Gasteiger partial charge in [0.2, 0.25) is 0 Å². The van der Waals surface area contributed by atoms with Crippen molar-refractivity contribution in [2.45, 2.75) is 6.54 Å². The average Bonchev–Trinajstić information content (AvgIpc) is 2.70. The molecule has 8 nitrogen and oxygen atoms in total. The van der Waals surface area contributed by atoms with Gasteiger partial charge < -0.3 is 10.3 Å². The molecule has 0 aliphatic heterocycles. The first-order valence-corrected chi connectivity index (χ1v) is 8.43. The normalized spacial score (nSPS) is 11.0. The number of rotatable bonds is 4. The van der Waals surface area contributed by atoms with Crippen LogP contribution in [0.25, 0.3) is 16.7 Å². The smallest absolute Gasteiger partial charge is 0.267 e. The number of carbonyl (C=O) groups excluding carboxylic acids is 2. The second kappa shape index (κ2) is 6.58. The fraction of sp³-hybridized carbons (Fsp3) is 0.0500. The van der Waals surface area contributed by atoms with E-state index >= 15 is 0 Å². The summed E-state index contributed by atoms with van der Waals surface area (Å²) in [7, 11) is 0. The number of nitrogens with zero attached hydrogens (tertiary/aromatic N) is 3. The Morgan fingerprint density at radius 1 is 1.18 bits per heavy atom. The largest absolute Gasteiger partial charge is 0.365 e. The van der Waals surface area contributed by atoms with Crippen LogP contribution in [0.3, 0.4) is 0 Å². The molecule has 28 heavy (non-hydrogen) atoms. The van der Waals surface area contributed by atoms with Gasteiger partial charge in [0.15, 0.2) is 0 Å². The summed E-state index contributed by atoms with van der Waals surface area (Å²) in [6.45, 7) is 0.186.